The van der Waals surface area contributed by atoms with Gasteiger partial charge in [0.2, 0.25) is 5.91 Å². The molecule has 0 spiro atoms. The smallest absolute Gasteiger partial charge is 0.259 e. The molecule has 4 rings (SSSR count). The fraction of sp³-hybridized carbons (Fsp3) is 0. The third kappa shape index (κ3) is 3.91. The van der Waals surface area contributed by atoms with Crippen molar-refractivity contribution >= 4 is 17.5 Å². The van der Waals surface area contributed by atoms with E-state index >= 15 is 0 Å². The summed E-state index contributed by atoms with van der Waals surface area (Å²) in [5.74, 6) is -0.809. The number of para-hydroxylation sites is 1. The summed E-state index contributed by atoms with van der Waals surface area (Å²) in [7, 11) is 0. The van der Waals surface area contributed by atoms with E-state index in [2.05, 4.69) is 10.4 Å². The van der Waals surface area contributed by atoms with Gasteiger partial charge in [-0.25, -0.2) is 4.68 Å². The molecule has 0 aliphatic heterocycles. The first-order valence-corrected chi connectivity index (χ1v) is 9.03. The summed E-state index contributed by atoms with van der Waals surface area (Å²) in [5.41, 5.74) is 8.93. The van der Waals surface area contributed by atoms with E-state index in [1.165, 1.54) is 0 Å². The van der Waals surface area contributed by atoms with Gasteiger partial charge in [0.25, 0.3) is 5.91 Å². The molecule has 4 aromatic rings. The number of anilines is 1. The van der Waals surface area contributed by atoms with Gasteiger partial charge < -0.3 is 11.1 Å². The zero-order chi connectivity index (χ0) is 20.2. The van der Waals surface area contributed by atoms with E-state index < -0.39 is 5.91 Å². The number of nitrogens with one attached hydrogen (secondary N) is 1. The molecule has 142 valence electrons. The van der Waals surface area contributed by atoms with Gasteiger partial charge in [0.05, 0.1) is 11.3 Å². The van der Waals surface area contributed by atoms with Crippen molar-refractivity contribution in [2.24, 2.45) is 5.73 Å². The van der Waals surface area contributed by atoms with E-state index in [-0.39, 0.29) is 5.91 Å². The lowest BCUT2D eigenvalue weighted by atomic mass is 10.1. The minimum absolute atomic E-state index is 0.294. The molecule has 29 heavy (non-hydrogen) atoms. The lowest BCUT2D eigenvalue weighted by Crippen LogP contribution is -2.13. The Morgan fingerprint density at radius 3 is 2.07 bits per heavy atom. The second-order valence-corrected chi connectivity index (χ2v) is 6.43. The molecule has 2 amide bonds. The lowest BCUT2D eigenvalue weighted by Gasteiger charge is -2.06. The summed E-state index contributed by atoms with van der Waals surface area (Å²) in [4.78, 5) is 24.2. The van der Waals surface area contributed by atoms with Crippen LogP contribution in [0.25, 0.3) is 16.9 Å². The van der Waals surface area contributed by atoms with Gasteiger partial charge in [-0.2, -0.15) is 5.10 Å². The van der Waals surface area contributed by atoms with E-state index in [9.17, 15) is 9.59 Å². The van der Waals surface area contributed by atoms with E-state index in [1.807, 2.05) is 60.7 Å². The van der Waals surface area contributed by atoms with Gasteiger partial charge in [-0.05, 0) is 36.4 Å². The molecule has 1 aromatic heterocycles. The van der Waals surface area contributed by atoms with Crippen LogP contribution in [0.15, 0.2) is 91.1 Å². The molecule has 0 aliphatic carbocycles. The Hall–Kier alpha value is -4.19. The predicted molar refractivity (Wildman–Crippen MR) is 112 cm³/mol. The molecule has 0 saturated heterocycles. The highest BCUT2D eigenvalue weighted by molar-refractivity contribution is 6.08. The molecular weight excluding hydrogens is 364 g/mol. The summed E-state index contributed by atoms with van der Waals surface area (Å²) < 4.78 is 1.69. The Balaban J connectivity index is 1.70. The Morgan fingerprint density at radius 2 is 1.45 bits per heavy atom. The Kier molecular flexibility index (Phi) is 4.90. The average Bonchev–Trinajstić information content (AvgIpc) is 3.21. The van der Waals surface area contributed by atoms with Crippen LogP contribution in [0, 0.1) is 0 Å². The topological polar surface area (TPSA) is 90.0 Å². The van der Waals surface area contributed by atoms with Gasteiger partial charge in [-0.15, -0.1) is 0 Å². The van der Waals surface area contributed by atoms with Gasteiger partial charge in [0.15, 0.2) is 0 Å². The maximum absolute atomic E-state index is 13.0. The number of benzene rings is 3. The van der Waals surface area contributed by atoms with E-state index in [0.717, 1.165) is 11.3 Å². The van der Waals surface area contributed by atoms with Crippen molar-refractivity contribution < 1.29 is 9.59 Å². The molecule has 3 aromatic carbocycles. The number of carbonyl (C=O) groups is 2. The Bertz CT molecular complexity index is 1150. The van der Waals surface area contributed by atoms with Crippen LogP contribution in [0.4, 0.5) is 5.69 Å². The highest BCUT2D eigenvalue weighted by Crippen LogP contribution is 2.24. The van der Waals surface area contributed by atoms with Gasteiger partial charge in [0.1, 0.15) is 5.69 Å². The molecule has 0 unspecified atom stereocenters. The Morgan fingerprint density at radius 1 is 0.828 bits per heavy atom. The second-order valence-electron chi connectivity index (χ2n) is 6.43. The van der Waals surface area contributed by atoms with Crippen molar-refractivity contribution in [3.63, 3.8) is 0 Å². The normalized spacial score (nSPS) is 10.5. The number of hydrogen-bond acceptors (Lipinski definition) is 3. The van der Waals surface area contributed by atoms with Crippen molar-refractivity contribution in [1.82, 2.24) is 9.78 Å². The second kappa shape index (κ2) is 7.82. The van der Waals surface area contributed by atoms with Crippen LogP contribution in [0.3, 0.4) is 0 Å². The number of nitrogens with zero attached hydrogens (tertiary/aromatic N) is 2. The molecule has 0 saturated carbocycles. The number of hydrogen-bond donors (Lipinski definition) is 2. The van der Waals surface area contributed by atoms with Crippen LogP contribution < -0.4 is 11.1 Å². The molecule has 0 fully saturated rings. The first-order valence-electron chi connectivity index (χ1n) is 9.03. The van der Waals surface area contributed by atoms with Crippen molar-refractivity contribution in [2.45, 2.75) is 0 Å². The van der Waals surface area contributed by atoms with Crippen molar-refractivity contribution in [2.75, 3.05) is 5.32 Å². The molecule has 1 heterocycles. The van der Waals surface area contributed by atoms with Crippen molar-refractivity contribution in [1.29, 1.82) is 0 Å². The molecule has 0 radical (unpaired) electrons. The van der Waals surface area contributed by atoms with E-state index in [1.54, 1.807) is 35.1 Å². The number of amides is 2. The number of carbonyl (C=O) groups excluding carboxylic acids is 2. The third-order valence-corrected chi connectivity index (χ3v) is 4.45. The third-order valence-electron chi connectivity index (χ3n) is 4.45. The van der Waals surface area contributed by atoms with Crippen LogP contribution in [-0.2, 0) is 0 Å². The highest BCUT2D eigenvalue weighted by atomic mass is 16.2. The fourth-order valence-corrected chi connectivity index (χ4v) is 2.98. The fourth-order valence-electron chi connectivity index (χ4n) is 2.98. The molecule has 0 atom stereocenters. The zero-order valence-corrected chi connectivity index (χ0v) is 15.4. The number of nitrogens with two attached hydrogens (primary N) is 1. The van der Waals surface area contributed by atoms with Crippen LogP contribution in [0.5, 0.6) is 0 Å². The van der Waals surface area contributed by atoms with Gasteiger partial charge >= 0.3 is 0 Å². The van der Waals surface area contributed by atoms with Crippen LogP contribution in [0.2, 0.25) is 0 Å². The number of rotatable bonds is 5. The van der Waals surface area contributed by atoms with Crippen LogP contribution in [0.1, 0.15) is 20.7 Å². The molecule has 6 nitrogen and oxygen atoms in total. The predicted octanol–water partition coefficient (Wildman–Crippen LogP) is 3.89. The number of aromatic nitrogens is 2. The first kappa shape index (κ1) is 18.2. The largest absolute Gasteiger partial charge is 0.366 e. The quantitative estimate of drug-likeness (QED) is 0.549. The van der Waals surface area contributed by atoms with Crippen LogP contribution in [-0.4, -0.2) is 21.6 Å². The minimum Gasteiger partial charge on any atom is -0.366 e. The highest BCUT2D eigenvalue weighted by Gasteiger charge is 2.19. The summed E-state index contributed by atoms with van der Waals surface area (Å²) >= 11 is 0. The van der Waals surface area contributed by atoms with Gasteiger partial charge in [0, 0.05) is 23.0 Å². The zero-order valence-electron chi connectivity index (χ0n) is 15.4. The van der Waals surface area contributed by atoms with Gasteiger partial charge in [-0.3, -0.25) is 9.59 Å². The van der Waals surface area contributed by atoms with Crippen LogP contribution >= 0.6 is 0 Å². The molecule has 0 bridgehead atoms. The molecule has 3 N–H and O–H groups in total. The van der Waals surface area contributed by atoms with Crippen molar-refractivity contribution in [3.05, 3.63) is 102 Å². The Labute approximate surface area is 167 Å². The van der Waals surface area contributed by atoms with Crippen molar-refractivity contribution in [3.8, 4) is 16.9 Å². The lowest BCUT2D eigenvalue weighted by molar-refractivity contribution is 0.0998. The number of primary amides is 1. The van der Waals surface area contributed by atoms with Gasteiger partial charge in [-0.1, -0.05) is 48.5 Å². The summed E-state index contributed by atoms with van der Waals surface area (Å²) in [6, 6.07) is 25.6. The summed E-state index contributed by atoms with van der Waals surface area (Å²) in [6.45, 7) is 0. The monoisotopic (exact) mass is 382 g/mol. The minimum atomic E-state index is -0.515. The summed E-state index contributed by atoms with van der Waals surface area (Å²) in [5, 5.41) is 7.50. The maximum Gasteiger partial charge on any atom is 0.259 e. The average molecular weight is 382 g/mol. The molecule has 6 heteroatoms. The first-order chi connectivity index (χ1) is 14.1. The SMILES string of the molecule is NC(=O)c1ccc(NC(=O)c2cn(-c3ccccc3)nc2-c2ccccc2)cc1. The maximum atomic E-state index is 13.0. The molecule has 0 aliphatic rings. The van der Waals surface area contributed by atoms with E-state index in [0.29, 0.717) is 22.5 Å². The van der Waals surface area contributed by atoms with E-state index in [4.69, 9.17) is 5.73 Å². The summed E-state index contributed by atoms with van der Waals surface area (Å²) in [6.07, 6.45) is 1.71. The molecular formula is C23H18N4O2. The standard InChI is InChI=1S/C23H18N4O2/c24-22(28)17-11-13-18(14-12-17)25-23(29)20-15-27(19-9-5-2-6-10-19)26-21(20)16-7-3-1-4-8-16/h1-15H,(H2,24,28)(H,25,29).